The Morgan fingerprint density at radius 1 is 1.14 bits per heavy atom. The van der Waals surface area contributed by atoms with Gasteiger partial charge in [0.1, 0.15) is 12.1 Å². The van der Waals surface area contributed by atoms with Crippen molar-refractivity contribution in [3.8, 4) is 11.3 Å². The quantitative estimate of drug-likeness (QED) is 0.704. The van der Waals surface area contributed by atoms with Gasteiger partial charge in [-0.05, 0) is 18.4 Å². The minimum Gasteiger partial charge on any atom is -0.384 e. The molecule has 0 aliphatic carbocycles. The standard InChI is InChI=1S/C20H22ClN7O/c21-16-7-25-27(11-16)2-1-26-8-13-3-15(10-26)18-4-14(5-20(29)28(18)9-13)17-6-19(22)24-12-23-17/h4-7,11-13,15H,1-3,8-10H2,(H2,22,23,24)/t13-,15+/m0/s1. The fourth-order valence-corrected chi connectivity index (χ4v) is 4.78. The maximum atomic E-state index is 12.8. The number of aromatic nitrogens is 5. The summed E-state index contributed by atoms with van der Waals surface area (Å²) in [6.07, 6.45) is 6.05. The van der Waals surface area contributed by atoms with Crippen LogP contribution in [0.25, 0.3) is 11.3 Å². The third-order valence-electron chi connectivity index (χ3n) is 5.86. The molecule has 2 aliphatic heterocycles. The zero-order valence-electron chi connectivity index (χ0n) is 15.9. The lowest BCUT2D eigenvalue weighted by molar-refractivity contribution is 0.116. The molecular formula is C20H22ClN7O. The van der Waals surface area contributed by atoms with Crippen molar-refractivity contribution in [3.05, 3.63) is 58.0 Å². The first-order chi connectivity index (χ1) is 14.0. The predicted molar refractivity (Wildman–Crippen MR) is 111 cm³/mol. The van der Waals surface area contributed by atoms with Gasteiger partial charge in [0, 0.05) is 61.7 Å². The van der Waals surface area contributed by atoms with Gasteiger partial charge in [0.15, 0.2) is 0 Å². The van der Waals surface area contributed by atoms with E-state index in [2.05, 4.69) is 26.0 Å². The first-order valence-corrected chi connectivity index (χ1v) is 10.2. The molecule has 0 amide bonds. The average molecular weight is 412 g/mol. The number of hydrogen-bond donors (Lipinski definition) is 1. The van der Waals surface area contributed by atoms with E-state index in [0.717, 1.165) is 50.4 Å². The van der Waals surface area contributed by atoms with Gasteiger partial charge in [0.05, 0.1) is 23.5 Å². The summed E-state index contributed by atoms with van der Waals surface area (Å²) in [4.78, 5) is 23.5. The molecule has 3 aromatic rings. The van der Waals surface area contributed by atoms with E-state index in [4.69, 9.17) is 17.3 Å². The zero-order valence-corrected chi connectivity index (χ0v) is 16.7. The number of piperidine rings is 1. The second kappa shape index (κ2) is 7.27. The first-order valence-electron chi connectivity index (χ1n) is 9.78. The molecule has 3 aromatic heterocycles. The summed E-state index contributed by atoms with van der Waals surface area (Å²) in [5.74, 6) is 1.21. The maximum absolute atomic E-state index is 12.8. The van der Waals surface area contributed by atoms with Crippen molar-refractivity contribution in [1.82, 2.24) is 29.2 Å². The molecule has 0 saturated carbocycles. The fourth-order valence-electron chi connectivity index (χ4n) is 4.62. The van der Waals surface area contributed by atoms with E-state index >= 15 is 0 Å². The Kier molecular flexibility index (Phi) is 4.60. The van der Waals surface area contributed by atoms with Gasteiger partial charge in [0.2, 0.25) is 0 Å². The van der Waals surface area contributed by atoms with Crippen molar-refractivity contribution in [2.24, 2.45) is 5.92 Å². The monoisotopic (exact) mass is 411 g/mol. The molecule has 2 N–H and O–H groups in total. The van der Waals surface area contributed by atoms with Crippen LogP contribution in [0.2, 0.25) is 5.02 Å². The van der Waals surface area contributed by atoms with Gasteiger partial charge in [-0.2, -0.15) is 5.10 Å². The van der Waals surface area contributed by atoms with Crippen molar-refractivity contribution < 1.29 is 0 Å². The van der Waals surface area contributed by atoms with E-state index in [9.17, 15) is 4.79 Å². The minimum atomic E-state index is 0.0315. The van der Waals surface area contributed by atoms with Gasteiger partial charge in [-0.15, -0.1) is 0 Å². The molecular weight excluding hydrogens is 390 g/mol. The summed E-state index contributed by atoms with van der Waals surface area (Å²) in [6, 6.07) is 5.46. The molecule has 150 valence electrons. The Morgan fingerprint density at radius 2 is 2.03 bits per heavy atom. The van der Waals surface area contributed by atoms with Crippen LogP contribution in [0, 0.1) is 5.92 Å². The normalized spacial score (nSPS) is 21.1. The van der Waals surface area contributed by atoms with Crippen molar-refractivity contribution in [2.75, 3.05) is 25.4 Å². The summed E-state index contributed by atoms with van der Waals surface area (Å²) in [7, 11) is 0. The number of pyridine rings is 1. The molecule has 0 spiro atoms. The second-order valence-electron chi connectivity index (χ2n) is 7.93. The number of likely N-dealkylation sites (tertiary alicyclic amines) is 1. The van der Waals surface area contributed by atoms with Gasteiger partial charge in [-0.3, -0.25) is 9.48 Å². The molecule has 0 unspecified atom stereocenters. The molecule has 5 heterocycles. The summed E-state index contributed by atoms with van der Waals surface area (Å²) >= 11 is 5.96. The predicted octanol–water partition coefficient (Wildman–Crippen LogP) is 1.86. The number of anilines is 1. The molecule has 9 heteroatoms. The topological polar surface area (TPSA) is 94.9 Å². The number of nitrogens with zero attached hydrogens (tertiary/aromatic N) is 6. The minimum absolute atomic E-state index is 0.0315. The van der Waals surface area contributed by atoms with Crippen LogP contribution in [0.5, 0.6) is 0 Å². The summed E-state index contributed by atoms with van der Waals surface area (Å²) in [5.41, 5.74) is 8.41. The van der Waals surface area contributed by atoms with Crippen molar-refractivity contribution in [3.63, 3.8) is 0 Å². The Balaban J connectivity index is 1.40. The molecule has 0 aromatic carbocycles. The number of fused-ring (bicyclic) bond motifs is 4. The molecule has 29 heavy (non-hydrogen) atoms. The molecule has 2 bridgehead atoms. The molecule has 2 aliphatic rings. The number of hydrogen-bond acceptors (Lipinski definition) is 6. The first kappa shape index (κ1) is 18.3. The molecule has 1 saturated heterocycles. The third-order valence-corrected chi connectivity index (χ3v) is 6.06. The van der Waals surface area contributed by atoms with Gasteiger partial charge in [-0.25, -0.2) is 9.97 Å². The van der Waals surface area contributed by atoms with E-state index in [-0.39, 0.29) is 5.56 Å². The molecule has 8 nitrogen and oxygen atoms in total. The average Bonchev–Trinajstić information content (AvgIpc) is 3.12. The van der Waals surface area contributed by atoms with Crippen LogP contribution in [0.4, 0.5) is 5.82 Å². The summed E-state index contributed by atoms with van der Waals surface area (Å²) < 4.78 is 3.82. The van der Waals surface area contributed by atoms with Gasteiger partial charge in [-0.1, -0.05) is 11.6 Å². The molecule has 1 fully saturated rings. The number of halogens is 1. The van der Waals surface area contributed by atoms with Gasteiger partial charge in [0.25, 0.3) is 5.56 Å². The van der Waals surface area contributed by atoms with Gasteiger partial charge >= 0.3 is 0 Å². The molecule has 2 atom stereocenters. The lowest BCUT2D eigenvalue weighted by Gasteiger charge is -2.43. The van der Waals surface area contributed by atoms with Crippen molar-refractivity contribution >= 4 is 17.4 Å². The summed E-state index contributed by atoms with van der Waals surface area (Å²) in [5, 5.41) is 4.92. The van der Waals surface area contributed by atoms with Crippen LogP contribution in [0.15, 0.2) is 41.7 Å². The van der Waals surface area contributed by atoms with Crippen LogP contribution in [0.1, 0.15) is 18.0 Å². The van der Waals surface area contributed by atoms with E-state index in [0.29, 0.717) is 28.4 Å². The van der Waals surface area contributed by atoms with Crippen LogP contribution in [-0.4, -0.2) is 48.8 Å². The van der Waals surface area contributed by atoms with Crippen LogP contribution < -0.4 is 11.3 Å². The third kappa shape index (κ3) is 3.65. The van der Waals surface area contributed by atoms with E-state index in [1.807, 2.05) is 15.4 Å². The van der Waals surface area contributed by atoms with Crippen LogP contribution >= 0.6 is 11.6 Å². The molecule has 0 radical (unpaired) electrons. The highest BCUT2D eigenvalue weighted by atomic mass is 35.5. The van der Waals surface area contributed by atoms with E-state index < -0.39 is 0 Å². The van der Waals surface area contributed by atoms with E-state index in [1.165, 1.54) is 6.33 Å². The summed E-state index contributed by atoms with van der Waals surface area (Å²) in [6.45, 7) is 4.42. The van der Waals surface area contributed by atoms with Crippen LogP contribution in [0.3, 0.4) is 0 Å². The Hall–Kier alpha value is -2.71. The highest BCUT2D eigenvalue weighted by Gasteiger charge is 2.34. The lowest BCUT2D eigenvalue weighted by Crippen LogP contribution is -2.47. The maximum Gasteiger partial charge on any atom is 0.251 e. The second-order valence-corrected chi connectivity index (χ2v) is 8.36. The number of nitrogen functional groups attached to an aromatic ring is 1. The highest BCUT2D eigenvalue weighted by Crippen LogP contribution is 2.36. The zero-order chi connectivity index (χ0) is 20.0. The molecule has 5 rings (SSSR count). The van der Waals surface area contributed by atoms with E-state index in [1.54, 1.807) is 18.3 Å². The van der Waals surface area contributed by atoms with Crippen molar-refractivity contribution in [2.45, 2.75) is 25.4 Å². The van der Waals surface area contributed by atoms with Crippen LogP contribution in [-0.2, 0) is 13.1 Å². The van der Waals surface area contributed by atoms with Gasteiger partial charge < -0.3 is 15.2 Å². The largest absolute Gasteiger partial charge is 0.384 e. The highest BCUT2D eigenvalue weighted by molar-refractivity contribution is 6.30. The Bertz CT molecular complexity index is 1110. The number of nitrogens with two attached hydrogens (primary N) is 1. The lowest BCUT2D eigenvalue weighted by atomic mass is 9.82. The Labute approximate surface area is 172 Å². The fraction of sp³-hybridized carbons (Fsp3) is 0.400. The Morgan fingerprint density at radius 3 is 2.83 bits per heavy atom. The number of rotatable bonds is 4. The smallest absolute Gasteiger partial charge is 0.251 e. The SMILES string of the molecule is Nc1cc(-c2cc3n(c(=O)c2)C[C@H]2C[C@@H]3CN(CCn3cc(Cl)cn3)C2)ncn1. The van der Waals surface area contributed by atoms with Crippen molar-refractivity contribution in [1.29, 1.82) is 0 Å².